The fourth-order valence-electron chi connectivity index (χ4n) is 14.9. The maximum atomic E-state index is 2.83. The molecule has 2 nitrogen and oxygen atoms in total. The summed E-state index contributed by atoms with van der Waals surface area (Å²) in [5, 5.41) is 8.09. The summed E-state index contributed by atoms with van der Waals surface area (Å²) in [7, 11) is 0. The molecule has 15 rings (SSSR count). The van der Waals surface area contributed by atoms with Crippen molar-refractivity contribution in [2.75, 3.05) is 0 Å². The van der Waals surface area contributed by atoms with Gasteiger partial charge in [0.1, 0.15) is 0 Å². The van der Waals surface area contributed by atoms with Gasteiger partial charge in [-0.1, -0.05) is 191 Å². The van der Waals surface area contributed by atoms with Crippen LogP contribution in [-0.2, 0) is 21.7 Å². The van der Waals surface area contributed by atoms with Gasteiger partial charge >= 0.3 is 0 Å². The van der Waals surface area contributed by atoms with Gasteiger partial charge in [-0.25, -0.2) is 0 Å². The normalized spacial score (nSPS) is 15.1. The minimum absolute atomic E-state index is 0.0276. The van der Waals surface area contributed by atoms with Crippen LogP contribution in [-0.4, -0.2) is 15.8 Å². The number of hydrogen-bond acceptors (Lipinski definition) is 0. The van der Waals surface area contributed by atoms with E-state index >= 15 is 0 Å². The number of fused-ring (bicyclic) bond motifs is 15. The second-order valence-corrected chi connectivity index (χ2v) is 25.2. The second-order valence-electron chi connectivity index (χ2n) is 25.2. The summed E-state index contributed by atoms with van der Waals surface area (Å²) in [6.07, 6.45) is 4.24. The average molecular weight is 971 g/mol. The largest absolute Gasteiger partial charge is 0.310 e. The van der Waals surface area contributed by atoms with Gasteiger partial charge in [0.25, 0.3) is 6.71 Å². The molecule has 368 valence electrons. The average Bonchev–Trinajstić information content (AvgIpc) is 4.10. The molecular weight excluding hydrogens is 904 g/mol. The Labute approximate surface area is 443 Å². The fraction of sp³-hybridized carbons (Fsp3) is 0.278. The highest BCUT2D eigenvalue weighted by atomic mass is 15.1. The number of benzene rings is 9. The van der Waals surface area contributed by atoms with E-state index in [-0.39, 0.29) is 23.0 Å². The van der Waals surface area contributed by atoms with E-state index in [1.807, 2.05) is 0 Å². The summed E-state index contributed by atoms with van der Waals surface area (Å²) in [6, 6.07) is 61.3. The Morgan fingerprint density at radius 3 is 1.64 bits per heavy atom. The van der Waals surface area contributed by atoms with E-state index in [4.69, 9.17) is 0 Å². The molecule has 0 saturated heterocycles. The summed E-state index contributed by atoms with van der Waals surface area (Å²) in [6.45, 7) is 26.6. The predicted octanol–water partition coefficient (Wildman–Crippen LogP) is 17.1. The maximum absolute atomic E-state index is 2.83. The van der Waals surface area contributed by atoms with Crippen LogP contribution in [0.15, 0.2) is 152 Å². The van der Waals surface area contributed by atoms with Crippen LogP contribution >= 0.6 is 0 Å². The molecule has 1 spiro atoms. The summed E-state index contributed by atoms with van der Waals surface area (Å²) in [5.41, 5.74) is 28.4. The highest BCUT2D eigenvalue weighted by Crippen LogP contribution is 2.63. The highest BCUT2D eigenvalue weighted by Gasteiger charge is 2.55. The minimum atomic E-state index is -0.600. The van der Waals surface area contributed by atoms with Gasteiger partial charge in [-0.3, -0.25) is 0 Å². The van der Waals surface area contributed by atoms with Crippen molar-refractivity contribution < 1.29 is 0 Å². The topological polar surface area (TPSA) is 9.86 Å². The molecule has 3 aliphatic heterocycles. The van der Waals surface area contributed by atoms with Crippen molar-refractivity contribution in [2.24, 2.45) is 0 Å². The Balaban J connectivity index is 1.26. The first-order valence-electron chi connectivity index (χ1n) is 28.4. The van der Waals surface area contributed by atoms with Gasteiger partial charge in [0, 0.05) is 43.8 Å². The molecule has 5 heterocycles. The van der Waals surface area contributed by atoms with Crippen LogP contribution in [0.2, 0.25) is 0 Å². The third-order valence-corrected chi connectivity index (χ3v) is 20.6. The molecule has 11 aromatic rings. The molecule has 75 heavy (non-hydrogen) atoms. The Kier molecular flexibility index (Phi) is 9.10. The summed E-state index contributed by atoms with van der Waals surface area (Å²) >= 11 is 0. The molecule has 0 amide bonds. The van der Waals surface area contributed by atoms with E-state index < -0.39 is 5.41 Å². The SMILES string of the molecule is CCC(C)c1cc2c3c(c1)c1cc(C(C)(C)CC)cc4c1n3-c1c(cc(-c3cccc5ccccc35)c3c1B4c1cc(C(C)(C)CC)cc4c5cc(C(C)(C)CC)ccc5n-3c14)C21c2ccccc2-c2ccccc21. The van der Waals surface area contributed by atoms with E-state index in [2.05, 4.69) is 237 Å². The van der Waals surface area contributed by atoms with Crippen LogP contribution < -0.4 is 16.4 Å². The van der Waals surface area contributed by atoms with Crippen molar-refractivity contribution in [2.45, 2.75) is 129 Å². The molecule has 0 radical (unpaired) electrons. The quantitative estimate of drug-likeness (QED) is 0.128. The summed E-state index contributed by atoms with van der Waals surface area (Å²) in [5.74, 6) is 0.383. The van der Waals surface area contributed by atoms with Gasteiger partial charge in [-0.05, 0) is 173 Å². The maximum Gasteiger partial charge on any atom is 0.252 e. The smallest absolute Gasteiger partial charge is 0.252 e. The monoisotopic (exact) mass is 971 g/mol. The van der Waals surface area contributed by atoms with Crippen LogP contribution in [0, 0.1) is 0 Å². The zero-order valence-corrected chi connectivity index (χ0v) is 45.8. The lowest BCUT2D eigenvalue weighted by Crippen LogP contribution is -2.61. The molecule has 1 unspecified atom stereocenters. The molecule has 0 fully saturated rings. The van der Waals surface area contributed by atoms with E-state index in [1.165, 1.54) is 149 Å². The standard InChI is InChI=1S/C72H67BN2/c1-12-41(5)43-33-52-54-37-46(71(10,11)15-4)39-61-66(54)75-64(52)58(34-43)72(56-29-20-18-26-49(56)50-27-19-21-30-57(50)72)59-40-55(48-28-22-24-42-23-16-17-25-47(42)48)67-63(68(59)75)73(61)60-38-45(70(8,9)14-3)36-53-51-35-44(69(6,7)13-2)31-32-62(51)74(67)65(53)60/h16-41H,12-15H2,1-11H3. The first-order chi connectivity index (χ1) is 36.2. The molecule has 0 N–H and O–H groups in total. The number of hydrogen-bond donors (Lipinski definition) is 0. The Morgan fingerprint density at radius 1 is 0.440 bits per heavy atom. The lowest BCUT2D eigenvalue weighted by Gasteiger charge is -2.45. The highest BCUT2D eigenvalue weighted by molar-refractivity contribution is 7.00. The van der Waals surface area contributed by atoms with Gasteiger partial charge in [-0.15, -0.1) is 0 Å². The Hall–Kier alpha value is -7.10. The molecule has 4 aliphatic rings. The molecular formula is C72H67BN2. The molecule has 0 saturated carbocycles. The Bertz CT molecular complexity index is 4300. The lowest BCUT2D eigenvalue weighted by molar-refractivity contribution is 0.506. The van der Waals surface area contributed by atoms with Crippen molar-refractivity contribution in [3.05, 3.63) is 196 Å². The number of rotatable bonds is 9. The van der Waals surface area contributed by atoms with Gasteiger partial charge in [-0.2, -0.15) is 0 Å². The van der Waals surface area contributed by atoms with Crippen molar-refractivity contribution in [1.82, 2.24) is 9.13 Å². The van der Waals surface area contributed by atoms with E-state index in [1.54, 1.807) is 0 Å². The minimum Gasteiger partial charge on any atom is -0.310 e. The van der Waals surface area contributed by atoms with Crippen molar-refractivity contribution in [1.29, 1.82) is 0 Å². The van der Waals surface area contributed by atoms with Crippen LogP contribution in [0.25, 0.3) is 88.0 Å². The molecule has 9 aromatic carbocycles. The second kappa shape index (κ2) is 15.1. The molecule has 0 bridgehead atoms. The van der Waals surface area contributed by atoms with Crippen molar-refractivity contribution in [3.63, 3.8) is 0 Å². The number of nitrogens with zero attached hydrogens (tertiary/aromatic N) is 2. The summed E-state index contributed by atoms with van der Waals surface area (Å²) < 4.78 is 5.61. The third kappa shape index (κ3) is 5.52. The van der Waals surface area contributed by atoms with Crippen LogP contribution in [0.4, 0.5) is 0 Å². The first-order valence-corrected chi connectivity index (χ1v) is 28.4. The van der Waals surface area contributed by atoms with Crippen molar-refractivity contribution in [3.8, 4) is 33.6 Å². The van der Waals surface area contributed by atoms with Gasteiger partial charge in [0.05, 0.1) is 22.1 Å². The molecule has 1 aliphatic carbocycles. The van der Waals surface area contributed by atoms with E-state index in [9.17, 15) is 0 Å². The van der Waals surface area contributed by atoms with Crippen molar-refractivity contribution >= 4 is 77.5 Å². The summed E-state index contributed by atoms with van der Waals surface area (Å²) in [4.78, 5) is 0. The zero-order chi connectivity index (χ0) is 51.4. The molecule has 1 atom stereocenters. The van der Waals surface area contributed by atoms with Crippen LogP contribution in [0.3, 0.4) is 0 Å². The fourth-order valence-corrected chi connectivity index (χ4v) is 14.9. The zero-order valence-electron chi connectivity index (χ0n) is 45.8. The first kappa shape index (κ1) is 45.3. The van der Waals surface area contributed by atoms with Gasteiger partial charge < -0.3 is 9.13 Å². The third-order valence-electron chi connectivity index (χ3n) is 20.6. The molecule has 3 heteroatoms. The van der Waals surface area contributed by atoms with Crippen LogP contribution in [0.1, 0.15) is 152 Å². The lowest BCUT2D eigenvalue weighted by atomic mass is 9.33. The van der Waals surface area contributed by atoms with Crippen LogP contribution in [0.5, 0.6) is 0 Å². The molecule has 2 aromatic heterocycles. The number of aromatic nitrogens is 2. The van der Waals surface area contributed by atoms with Gasteiger partial charge in [0.2, 0.25) is 0 Å². The van der Waals surface area contributed by atoms with Gasteiger partial charge in [0.15, 0.2) is 0 Å². The predicted molar refractivity (Wildman–Crippen MR) is 322 cm³/mol. The van der Waals surface area contributed by atoms with E-state index in [0.29, 0.717) is 5.92 Å². The Morgan fingerprint density at radius 2 is 0.987 bits per heavy atom. The van der Waals surface area contributed by atoms with E-state index in [0.717, 1.165) is 25.7 Å².